The van der Waals surface area contributed by atoms with Crippen LogP contribution in [-0.2, 0) is 0 Å². The number of nitrogens with zero attached hydrogens (tertiary/aromatic N) is 3. The Bertz CT molecular complexity index is 386. The molecule has 0 bridgehead atoms. The van der Waals surface area contributed by atoms with Crippen LogP contribution >= 0.6 is 0 Å². The van der Waals surface area contributed by atoms with Crippen molar-refractivity contribution >= 4 is 0 Å². The van der Waals surface area contributed by atoms with Gasteiger partial charge in [0.1, 0.15) is 5.75 Å². The minimum Gasteiger partial charge on any atom is -0.494 e. The third-order valence-electron chi connectivity index (χ3n) is 1.61. The predicted octanol–water partition coefficient (Wildman–Crippen LogP) is 1.14. The molecule has 0 unspecified atom stereocenters. The molecule has 0 spiro atoms. The highest BCUT2D eigenvalue weighted by molar-refractivity contribution is 5.61. The fourth-order valence-electron chi connectivity index (χ4n) is 1.02. The van der Waals surface area contributed by atoms with Gasteiger partial charge in [-0.05, 0) is 6.07 Å². The summed E-state index contributed by atoms with van der Waals surface area (Å²) in [5.41, 5.74) is 0.770. The van der Waals surface area contributed by atoms with Gasteiger partial charge in [0.05, 0.1) is 18.9 Å². The Labute approximate surface area is 74.4 Å². The van der Waals surface area contributed by atoms with Crippen molar-refractivity contribution in [2.75, 3.05) is 7.11 Å². The number of hydrogen-bond donors (Lipinski definition) is 0. The lowest BCUT2D eigenvalue weighted by atomic mass is 10.2. The Morgan fingerprint density at radius 2 is 2.38 bits per heavy atom. The number of rotatable bonds is 2. The molecule has 0 aliphatic rings. The van der Waals surface area contributed by atoms with Crippen LogP contribution in [0.2, 0.25) is 0 Å². The van der Waals surface area contributed by atoms with Crippen molar-refractivity contribution in [1.82, 2.24) is 15.1 Å². The molecule has 2 aromatic heterocycles. The molecule has 2 rings (SSSR count). The second-order valence-corrected chi connectivity index (χ2v) is 2.33. The van der Waals surface area contributed by atoms with E-state index in [0.29, 0.717) is 11.6 Å². The fourth-order valence-corrected chi connectivity index (χ4v) is 1.02. The van der Waals surface area contributed by atoms with E-state index in [-0.39, 0.29) is 0 Å². The molecule has 5 heteroatoms. The Morgan fingerprint density at radius 1 is 1.46 bits per heavy atom. The molecular formula is C8H7N3O2. The summed E-state index contributed by atoms with van der Waals surface area (Å²) in [6, 6.07) is 1.77. The summed E-state index contributed by atoms with van der Waals surface area (Å²) < 4.78 is 9.72. The zero-order valence-corrected chi connectivity index (χ0v) is 6.97. The minimum absolute atomic E-state index is 0.499. The molecular weight excluding hydrogens is 170 g/mol. The SMILES string of the molecule is COc1cnccc1-c1ncon1. The van der Waals surface area contributed by atoms with Crippen molar-refractivity contribution in [2.45, 2.75) is 0 Å². The van der Waals surface area contributed by atoms with E-state index in [1.165, 1.54) is 6.39 Å². The number of ether oxygens (including phenoxy) is 1. The summed E-state index contributed by atoms with van der Waals surface area (Å²) in [6.45, 7) is 0. The van der Waals surface area contributed by atoms with Gasteiger partial charge in [-0.1, -0.05) is 5.16 Å². The average molecular weight is 177 g/mol. The number of methoxy groups -OCH3 is 1. The Kier molecular flexibility index (Phi) is 1.91. The predicted molar refractivity (Wildman–Crippen MR) is 44.1 cm³/mol. The lowest BCUT2D eigenvalue weighted by molar-refractivity contribution is 0.409. The molecule has 2 heterocycles. The highest BCUT2D eigenvalue weighted by atomic mass is 16.5. The second-order valence-electron chi connectivity index (χ2n) is 2.33. The molecule has 0 saturated heterocycles. The minimum atomic E-state index is 0.499. The largest absolute Gasteiger partial charge is 0.494 e. The van der Waals surface area contributed by atoms with E-state index in [9.17, 15) is 0 Å². The Morgan fingerprint density at radius 3 is 3.08 bits per heavy atom. The van der Waals surface area contributed by atoms with Crippen LogP contribution in [-0.4, -0.2) is 22.2 Å². The summed E-state index contributed by atoms with van der Waals surface area (Å²) >= 11 is 0. The molecule has 0 aliphatic heterocycles. The lowest BCUT2D eigenvalue weighted by Gasteiger charge is -2.02. The summed E-state index contributed by atoms with van der Waals surface area (Å²) in [7, 11) is 1.57. The Hall–Kier alpha value is -1.91. The van der Waals surface area contributed by atoms with Crippen molar-refractivity contribution in [1.29, 1.82) is 0 Å². The maximum atomic E-state index is 5.08. The molecule has 0 N–H and O–H groups in total. The van der Waals surface area contributed by atoms with E-state index < -0.39 is 0 Å². The van der Waals surface area contributed by atoms with E-state index in [2.05, 4.69) is 19.6 Å². The van der Waals surface area contributed by atoms with Gasteiger partial charge in [0.2, 0.25) is 12.2 Å². The number of aromatic nitrogens is 3. The van der Waals surface area contributed by atoms with Crippen molar-refractivity contribution in [3.63, 3.8) is 0 Å². The van der Waals surface area contributed by atoms with E-state index in [1.807, 2.05) is 0 Å². The number of pyridine rings is 1. The summed E-state index contributed by atoms with van der Waals surface area (Å²) in [5.74, 6) is 1.13. The quantitative estimate of drug-likeness (QED) is 0.688. The summed E-state index contributed by atoms with van der Waals surface area (Å²) in [4.78, 5) is 7.82. The van der Waals surface area contributed by atoms with E-state index >= 15 is 0 Å². The van der Waals surface area contributed by atoms with Gasteiger partial charge in [0.25, 0.3) is 0 Å². The van der Waals surface area contributed by atoms with Crippen LogP contribution in [0.4, 0.5) is 0 Å². The molecule has 0 saturated carbocycles. The first-order valence-electron chi connectivity index (χ1n) is 3.66. The first-order chi connectivity index (χ1) is 6.42. The summed E-state index contributed by atoms with van der Waals surface area (Å²) in [6.07, 6.45) is 4.52. The smallest absolute Gasteiger partial charge is 0.214 e. The second kappa shape index (κ2) is 3.22. The molecule has 5 nitrogen and oxygen atoms in total. The van der Waals surface area contributed by atoms with Crippen LogP contribution in [0.25, 0.3) is 11.4 Å². The lowest BCUT2D eigenvalue weighted by Crippen LogP contribution is -1.89. The Balaban J connectivity index is 2.51. The third kappa shape index (κ3) is 1.35. The van der Waals surface area contributed by atoms with Gasteiger partial charge >= 0.3 is 0 Å². The van der Waals surface area contributed by atoms with Crippen LogP contribution in [0.15, 0.2) is 29.4 Å². The van der Waals surface area contributed by atoms with Crippen LogP contribution < -0.4 is 4.74 Å². The van der Waals surface area contributed by atoms with Crippen molar-refractivity contribution < 1.29 is 9.26 Å². The highest BCUT2D eigenvalue weighted by Crippen LogP contribution is 2.24. The van der Waals surface area contributed by atoms with Gasteiger partial charge in [0.15, 0.2) is 0 Å². The first kappa shape index (κ1) is 7.72. The van der Waals surface area contributed by atoms with Crippen LogP contribution in [0.5, 0.6) is 5.75 Å². The monoisotopic (exact) mass is 177 g/mol. The maximum Gasteiger partial charge on any atom is 0.214 e. The van der Waals surface area contributed by atoms with Crippen LogP contribution in [0.1, 0.15) is 0 Å². The normalized spacial score (nSPS) is 9.92. The molecule has 0 radical (unpaired) electrons. The van der Waals surface area contributed by atoms with Gasteiger partial charge < -0.3 is 9.26 Å². The fraction of sp³-hybridized carbons (Fsp3) is 0.125. The van der Waals surface area contributed by atoms with Crippen molar-refractivity contribution in [2.24, 2.45) is 0 Å². The van der Waals surface area contributed by atoms with Gasteiger partial charge in [-0.3, -0.25) is 4.98 Å². The topological polar surface area (TPSA) is 61.0 Å². The molecule has 0 aliphatic carbocycles. The maximum absolute atomic E-state index is 5.08. The molecule has 0 aromatic carbocycles. The third-order valence-corrected chi connectivity index (χ3v) is 1.61. The van der Waals surface area contributed by atoms with Crippen LogP contribution in [0.3, 0.4) is 0 Å². The molecule has 13 heavy (non-hydrogen) atoms. The molecule has 66 valence electrons. The van der Waals surface area contributed by atoms with Crippen molar-refractivity contribution in [3.05, 3.63) is 24.9 Å². The summed E-state index contributed by atoms with van der Waals surface area (Å²) in [5, 5.41) is 3.70. The van der Waals surface area contributed by atoms with Crippen molar-refractivity contribution in [3.8, 4) is 17.1 Å². The zero-order chi connectivity index (χ0) is 9.10. The first-order valence-corrected chi connectivity index (χ1v) is 3.66. The van der Waals surface area contributed by atoms with Gasteiger partial charge in [-0.15, -0.1) is 0 Å². The van der Waals surface area contributed by atoms with Gasteiger partial charge in [-0.2, -0.15) is 4.98 Å². The number of hydrogen-bond acceptors (Lipinski definition) is 5. The average Bonchev–Trinajstić information content (AvgIpc) is 2.70. The van der Waals surface area contributed by atoms with E-state index in [0.717, 1.165) is 5.56 Å². The molecule has 0 amide bonds. The highest BCUT2D eigenvalue weighted by Gasteiger charge is 2.08. The van der Waals surface area contributed by atoms with Gasteiger partial charge in [-0.25, -0.2) is 0 Å². The zero-order valence-electron chi connectivity index (χ0n) is 6.97. The van der Waals surface area contributed by atoms with E-state index in [1.54, 1.807) is 25.6 Å². The molecule has 2 aromatic rings. The van der Waals surface area contributed by atoms with E-state index in [4.69, 9.17) is 4.74 Å². The molecule has 0 atom stereocenters. The van der Waals surface area contributed by atoms with Gasteiger partial charge in [0, 0.05) is 6.20 Å². The van der Waals surface area contributed by atoms with Crippen LogP contribution in [0, 0.1) is 0 Å². The standard InChI is InChI=1S/C8H7N3O2/c1-12-7-4-9-3-2-6(7)8-10-5-13-11-8/h2-5H,1H3. The molecule has 0 fully saturated rings.